The molecule has 0 aliphatic carbocycles. The van der Waals surface area contributed by atoms with Crippen LogP contribution in [0.3, 0.4) is 0 Å². The lowest BCUT2D eigenvalue weighted by Crippen LogP contribution is -2.32. The molecule has 4 rings (SSSR count). The first kappa shape index (κ1) is 26.6. The number of aryl methyl sites for hydroxylation is 1. The van der Waals surface area contributed by atoms with E-state index in [0.29, 0.717) is 11.1 Å². The van der Waals surface area contributed by atoms with Gasteiger partial charge in [-0.15, -0.1) is 0 Å². The Balaban J connectivity index is 1.58. The third kappa shape index (κ3) is 6.43. The van der Waals surface area contributed by atoms with E-state index in [-0.39, 0.29) is 23.8 Å². The van der Waals surface area contributed by atoms with E-state index in [0.717, 1.165) is 16.7 Å². The van der Waals surface area contributed by atoms with Gasteiger partial charge in [-0.25, -0.2) is 0 Å². The third-order valence-corrected chi connectivity index (χ3v) is 5.70. The van der Waals surface area contributed by atoms with Gasteiger partial charge in [-0.1, -0.05) is 78.4 Å². The van der Waals surface area contributed by atoms with Gasteiger partial charge in [0.2, 0.25) is 12.1 Å². The molecular weight excluding hydrogens is 499 g/mol. The fourth-order valence-corrected chi connectivity index (χ4v) is 3.79. The standard InChI is InChI=1S/C27H24F3N5O3/c1-15-3-2-4-20(13-15)17-9-11-18(12-10-17)22(27(28,29)30)38-26-34-23(33-25(32)35-26)19-7-5-16(6-8-19)14-21(31)24(36)37/h2-13,21-22H,14,31H2,1H3,(H,36,37)(H2,32,33,34,35)/t21-,22?/m0/s1. The van der Waals surface area contributed by atoms with E-state index >= 15 is 0 Å². The van der Waals surface area contributed by atoms with Gasteiger partial charge in [-0.3, -0.25) is 4.79 Å². The van der Waals surface area contributed by atoms with Crippen LogP contribution in [0.1, 0.15) is 22.8 Å². The van der Waals surface area contributed by atoms with Crippen LogP contribution in [-0.4, -0.2) is 38.2 Å². The van der Waals surface area contributed by atoms with E-state index < -0.39 is 30.3 Å². The number of aliphatic carboxylic acids is 1. The highest BCUT2D eigenvalue weighted by atomic mass is 19.4. The van der Waals surface area contributed by atoms with Crippen molar-refractivity contribution in [2.75, 3.05) is 5.73 Å². The molecule has 196 valence electrons. The predicted molar refractivity (Wildman–Crippen MR) is 135 cm³/mol. The average Bonchev–Trinajstić information content (AvgIpc) is 2.87. The number of benzene rings is 3. The lowest BCUT2D eigenvalue weighted by atomic mass is 10.0. The second-order valence-electron chi connectivity index (χ2n) is 8.68. The van der Waals surface area contributed by atoms with Crippen LogP contribution in [-0.2, 0) is 11.2 Å². The van der Waals surface area contributed by atoms with Gasteiger partial charge in [-0.05, 0) is 30.0 Å². The molecule has 0 aliphatic heterocycles. The van der Waals surface area contributed by atoms with Crippen LogP contribution >= 0.6 is 0 Å². The lowest BCUT2D eigenvalue weighted by Gasteiger charge is -2.21. The molecule has 0 bridgehead atoms. The van der Waals surface area contributed by atoms with Gasteiger partial charge in [0.15, 0.2) is 5.82 Å². The number of nitrogen functional groups attached to an aromatic ring is 1. The molecule has 0 spiro atoms. The summed E-state index contributed by atoms with van der Waals surface area (Å²) in [5.74, 6) is -1.46. The minimum absolute atomic E-state index is 0.00250. The van der Waals surface area contributed by atoms with Crippen molar-refractivity contribution in [3.05, 3.63) is 89.5 Å². The van der Waals surface area contributed by atoms with Crippen molar-refractivity contribution in [3.8, 4) is 28.5 Å². The fraction of sp³-hybridized carbons (Fsp3) is 0.185. The van der Waals surface area contributed by atoms with Gasteiger partial charge in [0.25, 0.3) is 0 Å². The molecule has 0 amide bonds. The zero-order valence-corrected chi connectivity index (χ0v) is 20.2. The van der Waals surface area contributed by atoms with Gasteiger partial charge >= 0.3 is 18.2 Å². The molecule has 0 fully saturated rings. The highest BCUT2D eigenvalue weighted by Gasteiger charge is 2.43. The van der Waals surface area contributed by atoms with E-state index in [2.05, 4.69) is 15.0 Å². The SMILES string of the molecule is Cc1cccc(-c2ccc(C(Oc3nc(N)nc(-c4ccc(C[C@H](N)C(=O)O)cc4)n3)C(F)(F)F)cc2)c1. The normalized spacial score (nSPS) is 13.1. The number of halogens is 3. The Morgan fingerprint density at radius 1 is 0.947 bits per heavy atom. The maximum atomic E-state index is 14.0. The Morgan fingerprint density at radius 3 is 2.21 bits per heavy atom. The molecular formula is C27H24F3N5O3. The number of hydrogen-bond donors (Lipinski definition) is 3. The number of anilines is 1. The van der Waals surface area contributed by atoms with E-state index in [9.17, 15) is 18.0 Å². The third-order valence-electron chi connectivity index (χ3n) is 5.70. The first-order valence-electron chi connectivity index (χ1n) is 11.5. The smallest absolute Gasteiger partial charge is 0.429 e. The number of nitrogens with two attached hydrogens (primary N) is 2. The number of nitrogens with zero attached hydrogens (tertiary/aromatic N) is 3. The maximum absolute atomic E-state index is 14.0. The number of aromatic nitrogens is 3. The molecule has 0 saturated heterocycles. The minimum Gasteiger partial charge on any atom is -0.480 e. The Labute approximate surface area is 216 Å². The van der Waals surface area contributed by atoms with Crippen molar-refractivity contribution in [3.63, 3.8) is 0 Å². The summed E-state index contributed by atoms with van der Waals surface area (Å²) in [6.07, 6.45) is -7.01. The summed E-state index contributed by atoms with van der Waals surface area (Å²) in [6, 6.07) is 18.2. The van der Waals surface area contributed by atoms with Crippen molar-refractivity contribution >= 4 is 11.9 Å². The second-order valence-corrected chi connectivity index (χ2v) is 8.68. The molecule has 1 aromatic heterocycles. The lowest BCUT2D eigenvalue weighted by molar-refractivity contribution is -0.199. The topological polar surface area (TPSA) is 137 Å². The van der Waals surface area contributed by atoms with Gasteiger partial charge in [0.05, 0.1) is 0 Å². The Kier molecular flexibility index (Phi) is 7.58. The summed E-state index contributed by atoms with van der Waals surface area (Å²) < 4.78 is 47.3. The van der Waals surface area contributed by atoms with Crippen LogP contribution < -0.4 is 16.2 Å². The van der Waals surface area contributed by atoms with Gasteiger partial charge in [-0.2, -0.15) is 28.1 Å². The number of alkyl halides is 3. The average molecular weight is 524 g/mol. The van der Waals surface area contributed by atoms with Gasteiger partial charge in [0, 0.05) is 11.1 Å². The molecule has 2 atom stereocenters. The summed E-state index contributed by atoms with van der Waals surface area (Å²) in [7, 11) is 0. The Hall–Kier alpha value is -4.51. The Morgan fingerprint density at radius 2 is 1.61 bits per heavy atom. The maximum Gasteiger partial charge on any atom is 0.429 e. The highest BCUT2D eigenvalue weighted by Crippen LogP contribution is 2.37. The quantitative estimate of drug-likeness (QED) is 0.301. The number of ether oxygens (including phenoxy) is 1. The van der Waals surface area contributed by atoms with Gasteiger partial charge in [0.1, 0.15) is 6.04 Å². The van der Waals surface area contributed by atoms with E-state index in [1.807, 2.05) is 31.2 Å². The van der Waals surface area contributed by atoms with E-state index in [1.165, 1.54) is 12.1 Å². The molecule has 8 nitrogen and oxygen atoms in total. The van der Waals surface area contributed by atoms with Crippen LogP contribution in [0.4, 0.5) is 19.1 Å². The fourth-order valence-electron chi connectivity index (χ4n) is 3.79. The second kappa shape index (κ2) is 10.9. The highest BCUT2D eigenvalue weighted by molar-refractivity contribution is 5.73. The first-order chi connectivity index (χ1) is 18.0. The molecule has 0 aliphatic rings. The van der Waals surface area contributed by atoms with E-state index in [1.54, 1.807) is 36.4 Å². The van der Waals surface area contributed by atoms with Crippen molar-refractivity contribution < 1.29 is 27.8 Å². The summed E-state index contributed by atoms with van der Waals surface area (Å²) in [5.41, 5.74) is 14.9. The molecule has 11 heteroatoms. The monoisotopic (exact) mass is 523 g/mol. The summed E-state index contributed by atoms with van der Waals surface area (Å²) in [4.78, 5) is 22.7. The molecule has 38 heavy (non-hydrogen) atoms. The van der Waals surface area contributed by atoms with Crippen molar-refractivity contribution in [2.24, 2.45) is 5.73 Å². The molecule has 4 aromatic rings. The van der Waals surface area contributed by atoms with Crippen molar-refractivity contribution in [1.29, 1.82) is 0 Å². The number of rotatable bonds is 8. The van der Waals surface area contributed by atoms with Crippen molar-refractivity contribution in [2.45, 2.75) is 31.7 Å². The van der Waals surface area contributed by atoms with Crippen LogP contribution in [0.25, 0.3) is 22.5 Å². The predicted octanol–water partition coefficient (Wildman–Crippen LogP) is 4.73. The van der Waals surface area contributed by atoms with Crippen LogP contribution in [0, 0.1) is 6.92 Å². The number of hydrogen-bond acceptors (Lipinski definition) is 7. The van der Waals surface area contributed by atoms with Crippen LogP contribution in [0.5, 0.6) is 6.01 Å². The molecule has 3 aromatic carbocycles. The molecule has 1 unspecified atom stereocenters. The number of carbonyl (C=O) groups is 1. The molecule has 0 saturated carbocycles. The van der Waals surface area contributed by atoms with E-state index in [4.69, 9.17) is 21.3 Å². The molecule has 0 radical (unpaired) electrons. The Bertz CT molecular complexity index is 1430. The van der Waals surface area contributed by atoms with Crippen LogP contribution in [0.2, 0.25) is 0 Å². The largest absolute Gasteiger partial charge is 0.480 e. The summed E-state index contributed by atoms with van der Waals surface area (Å²) in [6.45, 7) is 1.93. The van der Waals surface area contributed by atoms with Gasteiger partial charge < -0.3 is 21.3 Å². The number of carboxylic acids is 1. The summed E-state index contributed by atoms with van der Waals surface area (Å²) in [5, 5.41) is 8.96. The minimum atomic E-state index is -4.77. The molecule has 5 N–H and O–H groups in total. The summed E-state index contributed by atoms with van der Waals surface area (Å²) >= 11 is 0. The first-order valence-corrected chi connectivity index (χ1v) is 11.5. The van der Waals surface area contributed by atoms with Crippen molar-refractivity contribution in [1.82, 2.24) is 15.0 Å². The zero-order valence-electron chi connectivity index (χ0n) is 20.2. The van der Waals surface area contributed by atoms with Crippen LogP contribution in [0.15, 0.2) is 72.8 Å². The molecule has 1 heterocycles. The zero-order chi connectivity index (χ0) is 27.4. The number of carboxylic acid groups (broad SMARTS) is 1.